The quantitative estimate of drug-likeness (QED) is 0.422. The summed E-state index contributed by atoms with van der Waals surface area (Å²) in [5, 5.41) is 14.8. The van der Waals surface area contributed by atoms with E-state index in [4.69, 9.17) is 31.3 Å². The third-order valence-corrected chi connectivity index (χ3v) is 8.31. The summed E-state index contributed by atoms with van der Waals surface area (Å²) in [6, 6.07) is 0. The number of hydrogen-bond donors (Lipinski definition) is 2. The Bertz CT molecular complexity index is 411. The Morgan fingerprint density at radius 3 is 0.741 bits per heavy atom. The normalized spacial score (nSPS) is 31.4. The van der Waals surface area contributed by atoms with Gasteiger partial charge in [-0.05, 0) is 21.7 Å². The summed E-state index contributed by atoms with van der Waals surface area (Å²) in [5.74, 6) is -3.65. The van der Waals surface area contributed by atoms with Crippen LogP contribution >= 0.6 is 0 Å². The fraction of sp³-hybridized carbons (Fsp3) is 0.889. The first-order chi connectivity index (χ1) is 10.1. The van der Waals surface area contributed by atoms with Crippen molar-refractivity contribution in [1.82, 2.24) is 0 Å². The van der Waals surface area contributed by atoms with Crippen LogP contribution in [0.15, 0.2) is 0 Å². The molecule has 1 rings (SSSR count). The maximum Gasteiger partial charge on any atom is 2.00 e. The molecule has 0 aliphatic heterocycles. The van der Waals surface area contributed by atoms with Crippen LogP contribution in [-0.2, 0) is 30.7 Å². The third kappa shape index (κ3) is 4.25. The van der Waals surface area contributed by atoms with E-state index in [9.17, 15) is 0 Å². The Balaban J connectivity index is -0.000000257. The molecule has 0 spiro atoms. The molecule has 0 aromatic heterocycles. The molecule has 166 valence electrons. The Labute approximate surface area is 177 Å². The molecule has 0 unspecified atom stereocenters. The van der Waals surface area contributed by atoms with Gasteiger partial charge in [-0.25, -0.2) is 9.59 Å². The van der Waals surface area contributed by atoms with Gasteiger partial charge in [-0.15, -0.1) is 11.1 Å². The Kier molecular flexibility index (Phi) is 11.2. The topological polar surface area (TPSA) is 185 Å². The van der Waals surface area contributed by atoms with Crippen molar-refractivity contribution in [3.05, 3.63) is 11.5 Å². The van der Waals surface area contributed by atoms with Crippen LogP contribution in [0.25, 0.3) is 11.5 Å². The van der Waals surface area contributed by atoms with Crippen molar-refractivity contribution in [3.63, 3.8) is 0 Å². The second-order valence-corrected chi connectivity index (χ2v) is 9.36. The van der Waals surface area contributed by atoms with Crippen molar-refractivity contribution in [1.29, 1.82) is 0 Å². The van der Waals surface area contributed by atoms with Gasteiger partial charge in [0.2, 0.25) is 0 Å². The molecule has 1 saturated carbocycles. The van der Waals surface area contributed by atoms with Crippen LogP contribution in [0.5, 0.6) is 0 Å². The molecule has 0 heterocycles. The minimum absolute atomic E-state index is 0. The molecule has 0 saturated heterocycles. The van der Waals surface area contributed by atoms with Crippen molar-refractivity contribution in [3.8, 4) is 0 Å². The van der Waals surface area contributed by atoms with Crippen LogP contribution in [0.4, 0.5) is 0 Å². The maximum absolute atomic E-state index is 9.10. The van der Waals surface area contributed by atoms with Gasteiger partial charge >= 0.3 is 33.0 Å². The van der Waals surface area contributed by atoms with Crippen LogP contribution in [-0.4, -0.2) is 44.2 Å². The van der Waals surface area contributed by atoms with Gasteiger partial charge < -0.3 is 32.6 Å². The third-order valence-electron chi connectivity index (χ3n) is 8.31. The fourth-order valence-corrected chi connectivity index (χ4v) is 4.06. The summed E-state index contributed by atoms with van der Waals surface area (Å²) in [5.41, 5.74) is 16.0. The van der Waals surface area contributed by atoms with Gasteiger partial charge in [0, 0.05) is 0 Å². The number of hydrogen-bond acceptors (Lipinski definition) is 2. The Morgan fingerprint density at radius 2 is 0.667 bits per heavy atom. The Morgan fingerprint density at radius 1 is 0.556 bits per heavy atom. The molecule has 0 radical (unpaired) electrons. The summed E-state index contributed by atoms with van der Waals surface area (Å²) < 4.78 is 0. The van der Waals surface area contributed by atoms with Crippen molar-refractivity contribution in [2.24, 2.45) is 21.7 Å². The van der Waals surface area contributed by atoms with Crippen LogP contribution in [0.3, 0.4) is 0 Å². The zero-order valence-corrected chi connectivity index (χ0v) is 20.3. The molecule has 0 atom stereocenters. The molecular formula is C18H38N2O6Pt. The molecule has 1 aliphatic carbocycles. The minimum atomic E-state index is -1.82. The summed E-state index contributed by atoms with van der Waals surface area (Å²) in [6.45, 7) is 21.5. The average Bonchev–Trinajstić information content (AvgIpc) is 2.36. The first kappa shape index (κ1) is 34.0. The SMILES string of the molecule is CC1(C)C(C)(C)C(C)([NH-])C(C)(C)C(C)(C)C1(C)[NH-].O.O.O=C(O)C(=O)O.[Pt+2]. The minimum Gasteiger partial charge on any atom is -0.671 e. The van der Waals surface area contributed by atoms with Crippen LogP contribution in [0, 0.1) is 21.7 Å². The van der Waals surface area contributed by atoms with Gasteiger partial charge in [0.05, 0.1) is 0 Å². The number of aliphatic carboxylic acids is 2. The first-order valence-electron chi connectivity index (χ1n) is 8.11. The molecule has 0 bridgehead atoms. The van der Waals surface area contributed by atoms with Gasteiger partial charge in [0.25, 0.3) is 0 Å². The summed E-state index contributed by atoms with van der Waals surface area (Å²) in [4.78, 5) is 18.2. The number of carbonyl (C=O) groups is 2. The van der Waals surface area contributed by atoms with Crippen molar-refractivity contribution < 1.29 is 51.8 Å². The average molecular weight is 574 g/mol. The number of carboxylic acids is 2. The number of rotatable bonds is 0. The van der Waals surface area contributed by atoms with Gasteiger partial charge in [-0.2, -0.15) is 0 Å². The summed E-state index contributed by atoms with van der Waals surface area (Å²) >= 11 is 0. The van der Waals surface area contributed by atoms with Crippen LogP contribution < -0.4 is 0 Å². The van der Waals surface area contributed by atoms with E-state index in [-0.39, 0.29) is 53.7 Å². The van der Waals surface area contributed by atoms with Crippen LogP contribution in [0.2, 0.25) is 0 Å². The zero-order chi connectivity index (χ0) is 20.2. The standard InChI is InChI=1S/C16H32N2.C2H2O4.2H2O.Pt/c1-11(2)12(3,4)16(10,18)14(7,8)13(5,6)15(11,9)17;3-1(4)2(5)6;;;/h17-18H,1-10H3;(H,3,4)(H,5,6);2*1H2;/q-2;;;;+2. The van der Waals surface area contributed by atoms with E-state index in [1.807, 2.05) is 0 Å². The summed E-state index contributed by atoms with van der Waals surface area (Å²) in [7, 11) is 0. The molecule has 1 fully saturated rings. The van der Waals surface area contributed by atoms with Gasteiger partial charge in [-0.3, -0.25) is 0 Å². The molecule has 0 amide bonds. The largest absolute Gasteiger partial charge is 2.00 e. The molecule has 1 aliphatic rings. The predicted molar refractivity (Wildman–Crippen MR) is 103 cm³/mol. The molecule has 8 N–H and O–H groups in total. The fourth-order valence-electron chi connectivity index (χ4n) is 4.06. The second kappa shape index (κ2) is 8.87. The molecule has 9 heteroatoms. The first-order valence-corrected chi connectivity index (χ1v) is 8.11. The molecular weight excluding hydrogens is 535 g/mol. The van der Waals surface area contributed by atoms with Gasteiger partial charge in [-0.1, -0.05) is 69.2 Å². The van der Waals surface area contributed by atoms with E-state index in [0.29, 0.717) is 0 Å². The molecule has 0 aromatic carbocycles. The smallest absolute Gasteiger partial charge is 0.671 e. The Hall–Kier alpha value is -0.532. The predicted octanol–water partition coefficient (Wildman–Crippen LogP) is 3.23. The summed E-state index contributed by atoms with van der Waals surface area (Å²) in [6.07, 6.45) is 0. The van der Waals surface area contributed by atoms with Gasteiger partial charge in [0.15, 0.2) is 0 Å². The number of carboxylic acid groups (broad SMARTS) is 2. The van der Waals surface area contributed by atoms with Crippen molar-refractivity contribution in [2.75, 3.05) is 0 Å². The van der Waals surface area contributed by atoms with E-state index in [1.165, 1.54) is 0 Å². The zero-order valence-electron chi connectivity index (χ0n) is 18.0. The van der Waals surface area contributed by atoms with E-state index in [0.717, 1.165) is 0 Å². The monoisotopic (exact) mass is 573 g/mol. The number of nitrogens with one attached hydrogen (secondary N) is 2. The van der Waals surface area contributed by atoms with Crippen molar-refractivity contribution in [2.45, 2.75) is 80.3 Å². The van der Waals surface area contributed by atoms with Crippen LogP contribution in [0.1, 0.15) is 69.2 Å². The van der Waals surface area contributed by atoms with E-state index in [1.54, 1.807) is 0 Å². The molecule has 0 aromatic rings. The van der Waals surface area contributed by atoms with Crippen molar-refractivity contribution >= 4 is 11.9 Å². The van der Waals surface area contributed by atoms with E-state index in [2.05, 4.69) is 69.2 Å². The maximum atomic E-state index is 9.10. The van der Waals surface area contributed by atoms with Gasteiger partial charge in [0.1, 0.15) is 0 Å². The van der Waals surface area contributed by atoms with E-state index < -0.39 is 23.0 Å². The molecule has 27 heavy (non-hydrogen) atoms. The molecule has 8 nitrogen and oxygen atoms in total. The van der Waals surface area contributed by atoms with E-state index >= 15 is 0 Å². The second-order valence-electron chi connectivity index (χ2n) is 9.36.